The predicted octanol–water partition coefficient (Wildman–Crippen LogP) is 2.93. The molecule has 1 saturated heterocycles. The molecule has 2 aliphatic heterocycles. The molecule has 6 nitrogen and oxygen atoms in total. The van der Waals surface area contributed by atoms with Crippen LogP contribution in [-0.2, 0) is 0 Å². The molecular weight excluding hydrogens is 385 g/mol. The first kappa shape index (κ1) is 20.5. The Morgan fingerprint density at radius 1 is 1.07 bits per heavy atom. The third-order valence-electron chi connectivity index (χ3n) is 5.75. The van der Waals surface area contributed by atoms with Gasteiger partial charge in [-0.05, 0) is 50.2 Å². The number of halogens is 1. The summed E-state index contributed by atoms with van der Waals surface area (Å²) in [4.78, 5) is 17.0. The van der Waals surface area contributed by atoms with E-state index in [9.17, 15) is 9.18 Å². The highest BCUT2D eigenvalue weighted by Crippen LogP contribution is 2.40. The van der Waals surface area contributed by atoms with Crippen molar-refractivity contribution in [3.63, 3.8) is 0 Å². The number of ether oxygens (including phenoxy) is 2. The lowest BCUT2D eigenvalue weighted by Gasteiger charge is -2.46. The van der Waals surface area contributed by atoms with Crippen LogP contribution in [0.1, 0.15) is 24.2 Å². The number of anilines is 1. The molecule has 2 aliphatic rings. The second-order valence-electron chi connectivity index (χ2n) is 7.90. The zero-order chi connectivity index (χ0) is 21.1. The Morgan fingerprint density at radius 3 is 2.50 bits per heavy atom. The Kier molecular flexibility index (Phi) is 6.08. The van der Waals surface area contributed by atoms with E-state index in [2.05, 4.69) is 35.0 Å². The molecule has 4 rings (SSSR count). The molecule has 160 valence electrons. The molecule has 0 unspecified atom stereocenters. The highest BCUT2D eigenvalue weighted by atomic mass is 19.1. The van der Waals surface area contributed by atoms with Crippen LogP contribution < -0.4 is 19.7 Å². The molecule has 1 N–H and O–H groups in total. The smallest absolute Gasteiger partial charge is 0.251 e. The number of benzene rings is 2. The van der Waals surface area contributed by atoms with Crippen molar-refractivity contribution in [2.75, 3.05) is 44.3 Å². The predicted molar refractivity (Wildman–Crippen MR) is 114 cm³/mol. The minimum Gasteiger partial charge on any atom is -0.486 e. The zero-order valence-corrected chi connectivity index (χ0v) is 17.4. The summed E-state index contributed by atoms with van der Waals surface area (Å²) in [5, 5.41) is 2.94. The SMILES string of the molecule is C[C@@H]1CN(c2cccc3c2OCCO3)C[C@H](C)N1CCNC(=O)c1ccc(F)cc1. The van der Waals surface area contributed by atoms with Gasteiger partial charge in [-0.1, -0.05) is 6.07 Å². The van der Waals surface area contributed by atoms with Gasteiger partial charge in [0.15, 0.2) is 11.5 Å². The Morgan fingerprint density at radius 2 is 1.77 bits per heavy atom. The van der Waals surface area contributed by atoms with Gasteiger partial charge in [0.1, 0.15) is 19.0 Å². The number of fused-ring (bicyclic) bond motifs is 1. The third-order valence-corrected chi connectivity index (χ3v) is 5.75. The van der Waals surface area contributed by atoms with E-state index >= 15 is 0 Å². The van der Waals surface area contributed by atoms with Crippen LogP contribution in [0.4, 0.5) is 10.1 Å². The van der Waals surface area contributed by atoms with E-state index in [4.69, 9.17) is 9.47 Å². The van der Waals surface area contributed by atoms with Gasteiger partial charge in [-0.3, -0.25) is 9.69 Å². The van der Waals surface area contributed by atoms with Crippen molar-refractivity contribution in [1.82, 2.24) is 10.2 Å². The van der Waals surface area contributed by atoms with Crippen molar-refractivity contribution in [1.29, 1.82) is 0 Å². The first-order chi connectivity index (χ1) is 14.5. The summed E-state index contributed by atoms with van der Waals surface area (Å²) in [5.74, 6) is 1.12. The van der Waals surface area contributed by atoms with E-state index in [-0.39, 0.29) is 11.7 Å². The quantitative estimate of drug-likeness (QED) is 0.817. The number of rotatable bonds is 5. The molecule has 0 aliphatic carbocycles. The number of carbonyl (C=O) groups is 1. The summed E-state index contributed by atoms with van der Waals surface area (Å²) in [7, 11) is 0. The highest BCUT2D eigenvalue weighted by molar-refractivity contribution is 5.94. The Bertz CT molecular complexity index is 878. The first-order valence-corrected chi connectivity index (χ1v) is 10.5. The molecule has 2 atom stereocenters. The fourth-order valence-electron chi connectivity index (χ4n) is 4.30. The van der Waals surface area contributed by atoms with Crippen molar-refractivity contribution in [3.05, 3.63) is 53.8 Å². The lowest BCUT2D eigenvalue weighted by molar-refractivity contribution is 0.0925. The lowest BCUT2D eigenvalue weighted by atomic mass is 10.1. The molecule has 0 saturated carbocycles. The van der Waals surface area contributed by atoms with Crippen molar-refractivity contribution >= 4 is 11.6 Å². The minimum absolute atomic E-state index is 0.179. The van der Waals surface area contributed by atoms with Gasteiger partial charge in [0, 0.05) is 43.8 Å². The Labute approximate surface area is 176 Å². The lowest BCUT2D eigenvalue weighted by Crippen LogP contribution is -2.58. The van der Waals surface area contributed by atoms with E-state index in [1.807, 2.05) is 12.1 Å². The largest absolute Gasteiger partial charge is 0.486 e. The van der Waals surface area contributed by atoms with E-state index in [0.29, 0.717) is 37.4 Å². The van der Waals surface area contributed by atoms with Crippen molar-refractivity contribution in [3.8, 4) is 11.5 Å². The molecule has 7 heteroatoms. The van der Waals surface area contributed by atoms with Crippen LogP contribution in [0.3, 0.4) is 0 Å². The molecule has 2 aromatic rings. The molecule has 2 heterocycles. The van der Waals surface area contributed by atoms with Crippen LogP contribution in [0.25, 0.3) is 0 Å². The Balaban J connectivity index is 1.34. The van der Waals surface area contributed by atoms with Gasteiger partial charge in [-0.25, -0.2) is 4.39 Å². The molecular formula is C23H28FN3O3. The molecule has 1 amide bonds. The van der Waals surface area contributed by atoms with Gasteiger partial charge in [0.05, 0.1) is 5.69 Å². The molecule has 30 heavy (non-hydrogen) atoms. The van der Waals surface area contributed by atoms with Crippen LogP contribution in [-0.4, -0.2) is 62.3 Å². The van der Waals surface area contributed by atoms with Crippen molar-refractivity contribution in [2.45, 2.75) is 25.9 Å². The standard InChI is InChI=1S/C23H28FN3O3/c1-16-14-26(20-4-3-5-21-22(20)30-13-12-29-21)15-17(2)27(16)11-10-25-23(28)18-6-8-19(24)9-7-18/h3-9,16-17H,10-15H2,1-2H3,(H,25,28)/t16-,17+. The minimum atomic E-state index is -0.344. The highest BCUT2D eigenvalue weighted by Gasteiger charge is 2.31. The van der Waals surface area contributed by atoms with Crippen LogP contribution in [0, 0.1) is 5.82 Å². The number of hydrogen-bond acceptors (Lipinski definition) is 5. The van der Waals surface area contributed by atoms with Crippen molar-refractivity contribution in [2.24, 2.45) is 0 Å². The van der Waals surface area contributed by atoms with Crippen molar-refractivity contribution < 1.29 is 18.7 Å². The number of nitrogens with zero attached hydrogens (tertiary/aromatic N) is 2. The summed E-state index contributed by atoms with van der Waals surface area (Å²) in [6, 6.07) is 12.3. The molecule has 0 bridgehead atoms. The maximum absolute atomic E-state index is 13.0. The van der Waals surface area contributed by atoms with E-state index < -0.39 is 0 Å². The Hall–Kier alpha value is -2.80. The first-order valence-electron chi connectivity index (χ1n) is 10.5. The zero-order valence-electron chi connectivity index (χ0n) is 17.4. The maximum Gasteiger partial charge on any atom is 0.251 e. The third kappa shape index (κ3) is 4.36. The second kappa shape index (κ2) is 8.92. The molecule has 0 spiro atoms. The van der Waals surface area contributed by atoms with Crippen LogP contribution >= 0.6 is 0 Å². The van der Waals surface area contributed by atoms with Crippen LogP contribution in [0.5, 0.6) is 11.5 Å². The van der Waals surface area contributed by atoms with Gasteiger partial charge in [-0.15, -0.1) is 0 Å². The van der Waals surface area contributed by atoms with Gasteiger partial charge >= 0.3 is 0 Å². The summed E-state index contributed by atoms with van der Waals surface area (Å²) >= 11 is 0. The van der Waals surface area contributed by atoms with E-state index in [0.717, 1.165) is 36.8 Å². The summed E-state index contributed by atoms with van der Waals surface area (Å²) < 4.78 is 24.6. The van der Waals surface area contributed by atoms with Gasteiger partial charge in [0.2, 0.25) is 0 Å². The fourth-order valence-corrected chi connectivity index (χ4v) is 4.30. The average Bonchev–Trinajstić information content (AvgIpc) is 2.75. The average molecular weight is 413 g/mol. The van der Waals surface area contributed by atoms with E-state index in [1.54, 1.807) is 0 Å². The molecule has 0 aromatic heterocycles. The van der Waals surface area contributed by atoms with Gasteiger partial charge in [0.25, 0.3) is 5.91 Å². The van der Waals surface area contributed by atoms with Gasteiger partial charge < -0.3 is 19.7 Å². The topological polar surface area (TPSA) is 54.0 Å². The number of para-hydroxylation sites is 1. The van der Waals surface area contributed by atoms with Gasteiger partial charge in [-0.2, -0.15) is 0 Å². The number of piperazine rings is 1. The second-order valence-corrected chi connectivity index (χ2v) is 7.90. The summed E-state index contributed by atoms with van der Waals surface area (Å²) in [6.45, 7) is 8.61. The molecule has 1 fully saturated rings. The monoisotopic (exact) mass is 413 g/mol. The summed E-state index contributed by atoms with van der Waals surface area (Å²) in [5.41, 5.74) is 1.55. The summed E-state index contributed by atoms with van der Waals surface area (Å²) in [6.07, 6.45) is 0. The normalized spacial score (nSPS) is 21.4. The number of amides is 1. The molecule has 0 radical (unpaired) electrons. The fraction of sp³-hybridized carbons (Fsp3) is 0.435. The molecule has 2 aromatic carbocycles. The maximum atomic E-state index is 13.0. The number of carbonyl (C=O) groups excluding carboxylic acids is 1. The van der Waals surface area contributed by atoms with Crippen LogP contribution in [0.2, 0.25) is 0 Å². The number of nitrogens with one attached hydrogen (secondary N) is 1. The van der Waals surface area contributed by atoms with E-state index in [1.165, 1.54) is 24.3 Å². The number of hydrogen-bond donors (Lipinski definition) is 1. The van der Waals surface area contributed by atoms with Crippen LogP contribution in [0.15, 0.2) is 42.5 Å².